The second-order valence-corrected chi connectivity index (χ2v) is 7.19. The van der Waals surface area contributed by atoms with E-state index in [0.29, 0.717) is 18.8 Å². The van der Waals surface area contributed by atoms with Crippen LogP contribution in [-0.2, 0) is 22.6 Å². The number of aromatic nitrogens is 3. The van der Waals surface area contributed by atoms with Crippen LogP contribution < -0.4 is 5.32 Å². The van der Waals surface area contributed by atoms with Gasteiger partial charge in [-0.3, -0.25) is 9.59 Å². The number of carbonyl (C=O) groups excluding carboxylic acids is 2. The zero-order valence-corrected chi connectivity index (χ0v) is 16.1. The second kappa shape index (κ2) is 8.68. The van der Waals surface area contributed by atoms with Crippen LogP contribution in [0.2, 0.25) is 0 Å². The van der Waals surface area contributed by atoms with Crippen molar-refractivity contribution < 1.29 is 9.59 Å². The standard InChI is InChI=1S/C22H23N5O2/c28-21(25-20-11-5-4-9-18(20)14-26-16-23-15-24-26)22(29)27-12-6-10-19(27)13-17-7-2-1-3-8-17/h1-5,7-9,11,15-16,19H,6,10,12-14H2,(H,25,28). The van der Waals surface area contributed by atoms with Crippen LogP contribution >= 0.6 is 0 Å². The summed E-state index contributed by atoms with van der Waals surface area (Å²) >= 11 is 0. The molecule has 0 radical (unpaired) electrons. The Balaban J connectivity index is 1.44. The van der Waals surface area contributed by atoms with Crippen molar-refractivity contribution in [2.24, 2.45) is 0 Å². The van der Waals surface area contributed by atoms with Gasteiger partial charge in [-0.25, -0.2) is 9.67 Å². The van der Waals surface area contributed by atoms with Gasteiger partial charge in [0, 0.05) is 18.3 Å². The quantitative estimate of drug-likeness (QED) is 0.680. The van der Waals surface area contributed by atoms with E-state index in [2.05, 4.69) is 27.5 Å². The Morgan fingerprint density at radius 1 is 1.07 bits per heavy atom. The van der Waals surface area contributed by atoms with Gasteiger partial charge in [0.05, 0.1) is 6.54 Å². The minimum Gasteiger partial charge on any atom is -0.331 e. The first-order valence-electron chi connectivity index (χ1n) is 9.77. The summed E-state index contributed by atoms with van der Waals surface area (Å²) in [5.74, 6) is -1.07. The van der Waals surface area contributed by atoms with Crippen LogP contribution in [-0.4, -0.2) is 44.1 Å². The molecular formula is C22H23N5O2. The number of hydrogen-bond acceptors (Lipinski definition) is 4. The number of amides is 2. The third kappa shape index (κ3) is 4.51. The fraction of sp³-hybridized carbons (Fsp3) is 0.273. The largest absolute Gasteiger partial charge is 0.331 e. The lowest BCUT2D eigenvalue weighted by atomic mass is 10.0. The van der Waals surface area contributed by atoms with Crippen LogP contribution in [0.4, 0.5) is 5.69 Å². The van der Waals surface area contributed by atoms with E-state index >= 15 is 0 Å². The predicted octanol–water partition coefficient (Wildman–Crippen LogP) is 2.50. The minimum absolute atomic E-state index is 0.0565. The highest BCUT2D eigenvalue weighted by molar-refractivity contribution is 6.39. The number of carbonyl (C=O) groups is 2. The first-order chi connectivity index (χ1) is 14.2. The van der Waals surface area contributed by atoms with E-state index in [4.69, 9.17) is 0 Å². The molecular weight excluding hydrogens is 366 g/mol. The van der Waals surface area contributed by atoms with Gasteiger partial charge in [-0.05, 0) is 36.5 Å². The maximum Gasteiger partial charge on any atom is 0.313 e. The molecule has 7 heteroatoms. The van der Waals surface area contributed by atoms with Crippen molar-refractivity contribution in [3.8, 4) is 0 Å². The Hall–Kier alpha value is -3.48. The van der Waals surface area contributed by atoms with Gasteiger partial charge >= 0.3 is 11.8 Å². The Labute approximate surface area is 169 Å². The Morgan fingerprint density at radius 2 is 1.86 bits per heavy atom. The van der Waals surface area contributed by atoms with Gasteiger partial charge in [0.2, 0.25) is 0 Å². The zero-order valence-electron chi connectivity index (χ0n) is 16.1. The Bertz CT molecular complexity index is 972. The second-order valence-electron chi connectivity index (χ2n) is 7.19. The monoisotopic (exact) mass is 389 g/mol. The number of hydrogen-bond donors (Lipinski definition) is 1. The summed E-state index contributed by atoms with van der Waals surface area (Å²) in [6, 6.07) is 17.6. The van der Waals surface area contributed by atoms with Crippen LogP contribution in [0.15, 0.2) is 67.3 Å². The smallest absolute Gasteiger partial charge is 0.313 e. The van der Waals surface area contributed by atoms with Gasteiger partial charge in [-0.2, -0.15) is 5.10 Å². The maximum absolute atomic E-state index is 12.9. The normalized spacial score (nSPS) is 16.0. The average Bonchev–Trinajstić information content (AvgIpc) is 3.42. The summed E-state index contributed by atoms with van der Waals surface area (Å²) in [5.41, 5.74) is 2.65. The molecule has 7 nitrogen and oxygen atoms in total. The first-order valence-corrected chi connectivity index (χ1v) is 9.77. The third-order valence-corrected chi connectivity index (χ3v) is 5.21. The first kappa shape index (κ1) is 18.9. The number of likely N-dealkylation sites (tertiary alicyclic amines) is 1. The molecule has 1 atom stereocenters. The molecule has 2 aromatic carbocycles. The van der Waals surface area contributed by atoms with Gasteiger partial charge in [-0.15, -0.1) is 0 Å². The number of nitrogens with one attached hydrogen (secondary N) is 1. The van der Waals surface area contributed by atoms with Crippen LogP contribution in [0.25, 0.3) is 0 Å². The molecule has 2 heterocycles. The molecule has 0 aliphatic carbocycles. The number of anilines is 1. The molecule has 1 N–H and O–H groups in total. The van der Waals surface area contributed by atoms with Gasteiger partial charge in [-0.1, -0.05) is 48.5 Å². The van der Waals surface area contributed by atoms with Crippen molar-refractivity contribution in [1.29, 1.82) is 0 Å². The SMILES string of the molecule is O=C(Nc1ccccc1Cn1cncn1)C(=O)N1CCCC1Cc1ccccc1. The molecule has 1 aliphatic rings. The van der Waals surface area contributed by atoms with Crippen molar-refractivity contribution in [3.63, 3.8) is 0 Å². The minimum atomic E-state index is -0.601. The van der Waals surface area contributed by atoms with E-state index in [1.54, 1.807) is 22.0 Å². The Kier molecular flexibility index (Phi) is 5.65. The summed E-state index contributed by atoms with van der Waals surface area (Å²) in [6.45, 7) is 1.08. The molecule has 2 amide bonds. The summed E-state index contributed by atoms with van der Waals surface area (Å²) in [6.07, 6.45) is 5.67. The third-order valence-electron chi connectivity index (χ3n) is 5.21. The topological polar surface area (TPSA) is 80.1 Å². The van der Waals surface area contributed by atoms with E-state index in [1.165, 1.54) is 11.9 Å². The summed E-state index contributed by atoms with van der Waals surface area (Å²) in [7, 11) is 0. The maximum atomic E-state index is 12.9. The van der Waals surface area contributed by atoms with E-state index in [9.17, 15) is 9.59 Å². The molecule has 0 spiro atoms. The predicted molar refractivity (Wildman–Crippen MR) is 109 cm³/mol. The van der Waals surface area contributed by atoms with Gasteiger partial charge in [0.25, 0.3) is 0 Å². The van der Waals surface area contributed by atoms with Crippen molar-refractivity contribution in [2.45, 2.75) is 31.8 Å². The highest BCUT2D eigenvalue weighted by Gasteiger charge is 2.32. The molecule has 1 saturated heterocycles. The van der Waals surface area contributed by atoms with Crippen molar-refractivity contribution in [3.05, 3.63) is 78.4 Å². The fourth-order valence-electron chi connectivity index (χ4n) is 3.78. The van der Waals surface area contributed by atoms with Gasteiger partial charge < -0.3 is 10.2 Å². The molecule has 3 aromatic rings. The lowest BCUT2D eigenvalue weighted by molar-refractivity contribution is -0.143. The number of benzene rings is 2. The summed E-state index contributed by atoms with van der Waals surface area (Å²) in [5, 5.41) is 6.89. The van der Waals surface area contributed by atoms with Gasteiger partial charge in [0.1, 0.15) is 12.7 Å². The number of para-hydroxylation sites is 1. The van der Waals surface area contributed by atoms with Crippen molar-refractivity contribution in [1.82, 2.24) is 19.7 Å². The number of rotatable bonds is 5. The van der Waals surface area contributed by atoms with Crippen LogP contribution in [0.1, 0.15) is 24.0 Å². The fourth-order valence-corrected chi connectivity index (χ4v) is 3.78. The molecule has 1 unspecified atom stereocenters. The molecule has 1 aliphatic heterocycles. The molecule has 0 saturated carbocycles. The molecule has 0 bridgehead atoms. The van der Waals surface area contributed by atoms with Crippen molar-refractivity contribution >= 4 is 17.5 Å². The van der Waals surface area contributed by atoms with Crippen LogP contribution in [0.3, 0.4) is 0 Å². The van der Waals surface area contributed by atoms with E-state index < -0.39 is 11.8 Å². The lowest BCUT2D eigenvalue weighted by Gasteiger charge is -2.24. The molecule has 4 rings (SSSR count). The van der Waals surface area contributed by atoms with E-state index in [-0.39, 0.29) is 6.04 Å². The van der Waals surface area contributed by atoms with Crippen LogP contribution in [0.5, 0.6) is 0 Å². The molecule has 1 fully saturated rings. The summed E-state index contributed by atoms with van der Waals surface area (Å²) < 4.78 is 1.67. The molecule has 29 heavy (non-hydrogen) atoms. The van der Waals surface area contributed by atoms with Gasteiger partial charge in [0.15, 0.2) is 0 Å². The highest BCUT2D eigenvalue weighted by Crippen LogP contribution is 2.22. The zero-order chi connectivity index (χ0) is 20.1. The lowest BCUT2D eigenvalue weighted by Crippen LogP contribution is -2.43. The molecule has 148 valence electrons. The van der Waals surface area contributed by atoms with E-state index in [1.807, 2.05) is 36.4 Å². The Morgan fingerprint density at radius 3 is 2.66 bits per heavy atom. The highest BCUT2D eigenvalue weighted by atomic mass is 16.2. The average molecular weight is 389 g/mol. The van der Waals surface area contributed by atoms with Crippen molar-refractivity contribution in [2.75, 3.05) is 11.9 Å². The van der Waals surface area contributed by atoms with E-state index in [0.717, 1.165) is 24.8 Å². The van der Waals surface area contributed by atoms with Crippen LogP contribution in [0, 0.1) is 0 Å². The summed E-state index contributed by atoms with van der Waals surface area (Å²) in [4.78, 5) is 31.2. The number of nitrogens with zero attached hydrogens (tertiary/aromatic N) is 4. The molecule has 1 aromatic heterocycles.